The van der Waals surface area contributed by atoms with Crippen LogP contribution in [0.4, 0.5) is 4.79 Å². The highest BCUT2D eigenvalue weighted by Crippen LogP contribution is 2.33. The molecule has 106 valence electrons. The standard InChI is InChI=1S/C13H20N2O3S/c1-8-9(4-2-3-5-12(16)17)6-10-11(7-19-8)15-13(18)14-10/h8-9,11H,2-7H2,1H3,(H,15,18)(H,16,17)/t8?,9?,11-/m0/s1. The van der Waals surface area contributed by atoms with Crippen molar-refractivity contribution in [3.63, 3.8) is 0 Å². The second kappa shape index (κ2) is 6.41. The molecule has 5 nitrogen and oxygen atoms in total. The Morgan fingerprint density at radius 3 is 3.05 bits per heavy atom. The summed E-state index contributed by atoms with van der Waals surface area (Å²) in [6.07, 6.45) is 3.79. The number of thioether (sulfide) groups is 1. The normalized spacial score (nSPS) is 30.3. The number of urea groups is 1. The molecule has 0 aromatic rings. The number of carbonyl (C=O) groups is 2. The Bertz CT molecular complexity index is 397. The van der Waals surface area contributed by atoms with E-state index in [1.807, 2.05) is 11.8 Å². The quantitative estimate of drug-likeness (QED) is 0.759. The lowest BCUT2D eigenvalue weighted by Crippen LogP contribution is -2.33. The van der Waals surface area contributed by atoms with Crippen LogP contribution in [0.3, 0.4) is 0 Å². The Labute approximate surface area is 117 Å². The molecule has 0 aromatic carbocycles. The lowest BCUT2D eigenvalue weighted by atomic mass is 9.91. The van der Waals surface area contributed by atoms with E-state index in [2.05, 4.69) is 17.2 Å². The molecule has 2 amide bonds. The van der Waals surface area contributed by atoms with Gasteiger partial charge in [-0.05, 0) is 25.2 Å². The largest absolute Gasteiger partial charge is 0.481 e. The Hall–Kier alpha value is -1.04. The number of carboxylic acid groups (broad SMARTS) is 1. The summed E-state index contributed by atoms with van der Waals surface area (Å²) in [6.45, 7) is 2.22. The molecule has 0 aromatic heterocycles. The van der Waals surface area contributed by atoms with Crippen LogP contribution in [0.2, 0.25) is 0 Å². The molecule has 1 fully saturated rings. The van der Waals surface area contributed by atoms with Gasteiger partial charge in [-0.1, -0.05) is 13.3 Å². The van der Waals surface area contributed by atoms with Crippen LogP contribution >= 0.6 is 11.8 Å². The minimum absolute atomic E-state index is 0.115. The molecule has 0 bridgehead atoms. The first kappa shape index (κ1) is 14.4. The Morgan fingerprint density at radius 2 is 2.32 bits per heavy atom. The first-order valence-corrected chi connectivity index (χ1v) is 7.82. The van der Waals surface area contributed by atoms with Gasteiger partial charge in [0.25, 0.3) is 0 Å². The molecule has 0 spiro atoms. The van der Waals surface area contributed by atoms with Crippen molar-refractivity contribution in [1.29, 1.82) is 0 Å². The molecule has 2 N–H and O–H groups in total. The maximum absolute atomic E-state index is 11.3. The lowest BCUT2D eigenvalue weighted by Gasteiger charge is -2.20. The average Bonchev–Trinajstić information content (AvgIpc) is 2.63. The third-order valence-electron chi connectivity index (χ3n) is 3.82. The highest BCUT2D eigenvalue weighted by atomic mass is 32.2. The zero-order valence-corrected chi connectivity index (χ0v) is 11.9. The molecular formula is C13H20N2O3S. The van der Waals surface area contributed by atoms with Crippen molar-refractivity contribution < 1.29 is 14.7 Å². The van der Waals surface area contributed by atoms with Gasteiger partial charge in [-0.25, -0.2) is 9.79 Å². The number of hydrogen-bond acceptors (Lipinski definition) is 3. The topological polar surface area (TPSA) is 78.8 Å². The summed E-state index contributed by atoms with van der Waals surface area (Å²) in [7, 11) is 0. The first-order valence-electron chi connectivity index (χ1n) is 6.77. The Morgan fingerprint density at radius 1 is 1.53 bits per heavy atom. The van der Waals surface area contributed by atoms with Crippen LogP contribution in [0.5, 0.6) is 0 Å². The van der Waals surface area contributed by atoms with Gasteiger partial charge < -0.3 is 10.4 Å². The minimum atomic E-state index is -0.724. The number of nitrogens with zero attached hydrogens (tertiary/aromatic N) is 1. The van der Waals surface area contributed by atoms with E-state index >= 15 is 0 Å². The third-order valence-corrected chi connectivity index (χ3v) is 5.26. The van der Waals surface area contributed by atoms with Gasteiger partial charge in [0.05, 0.1) is 6.04 Å². The first-order chi connectivity index (χ1) is 9.06. The highest BCUT2D eigenvalue weighted by Gasteiger charge is 2.33. The van der Waals surface area contributed by atoms with Crippen molar-refractivity contribution in [3.8, 4) is 0 Å². The number of nitrogens with one attached hydrogen (secondary N) is 1. The second-order valence-electron chi connectivity index (χ2n) is 5.25. The number of rotatable bonds is 5. The van der Waals surface area contributed by atoms with Crippen LogP contribution < -0.4 is 5.32 Å². The van der Waals surface area contributed by atoms with Gasteiger partial charge in [0.2, 0.25) is 0 Å². The maximum atomic E-state index is 11.3. The summed E-state index contributed by atoms with van der Waals surface area (Å²) in [5, 5.41) is 12.0. The zero-order valence-electron chi connectivity index (χ0n) is 11.1. The number of aliphatic carboxylic acids is 1. The van der Waals surface area contributed by atoms with Gasteiger partial charge in [-0.15, -0.1) is 0 Å². The van der Waals surface area contributed by atoms with Crippen molar-refractivity contribution in [2.45, 2.75) is 50.3 Å². The van der Waals surface area contributed by atoms with Crippen LogP contribution in [0.25, 0.3) is 0 Å². The minimum Gasteiger partial charge on any atom is -0.481 e. The van der Waals surface area contributed by atoms with E-state index < -0.39 is 5.97 Å². The second-order valence-corrected chi connectivity index (χ2v) is 6.66. The van der Waals surface area contributed by atoms with Gasteiger partial charge in [-0.3, -0.25) is 4.79 Å². The molecule has 3 atom stereocenters. The number of fused-ring (bicyclic) bond motifs is 1. The van der Waals surface area contributed by atoms with Crippen molar-refractivity contribution >= 4 is 29.5 Å². The maximum Gasteiger partial charge on any atom is 0.341 e. The number of hydrogen-bond donors (Lipinski definition) is 2. The van der Waals surface area contributed by atoms with Crippen molar-refractivity contribution in [2.24, 2.45) is 10.9 Å². The monoisotopic (exact) mass is 284 g/mol. The van der Waals surface area contributed by atoms with Crippen LogP contribution in [-0.2, 0) is 4.79 Å². The summed E-state index contributed by atoms with van der Waals surface area (Å²) in [5.74, 6) is 0.672. The van der Waals surface area contributed by atoms with Gasteiger partial charge in [0, 0.05) is 23.1 Å². The SMILES string of the molecule is CC1SC[C@@H]2NC(=O)N=C2CC1CCCCC(=O)O. The van der Waals surface area contributed by atoms with Crippen LogP contribution in [0, 0.1) is 5.92 Å². The van der Waals surface area contributed by atoms with E-state index in [0.717, 1.165) is 37.1 Å². The number of carboxylic acids is 1. The van der Waals surface area contributed by atoms with Crippen molar-refractivity contribution in [2.75, 3.05) is 5.75 Å². The average molecular weight is 284 g/mol. The zero-order chi connectivity index (χ0) is 13.8. The van der Waals surface area contributed by atoms with Crippen LogP contribution in [0.1, 0.15) is 39.0 Å². The molecule has 6 heteroatoms. The summed E-state index contributed by atoms with van der Waals surface area (Å²) in [4.78, 5) is 25.8. The van der Waals surface area contributed by atoms with E-state index in [1.54, 1.807) is 0 Å². The van der Waals surface area contributed by atoms with Crippen LogP contribution in [0.15, 0.2) is 4.99 Å². The third kappa shape index (κ3) is 3.96. The molecule has 0 saturated carbocycles. The summed E-state index contributed by atoms with van der Waals surface area (Å²) >= 11 is 1.88. The molecule has 2 aliphatic rings. The number of aliphatic imine (C=N–C) groups is 1. The molecule has 2 unspecified atom stereocenters. The van der Waals surface area contributed by atoms with E-state index in [1.165, 1.54) is 0 Å². The Balaban J connectivity index is 1.86. The fraction of sp³-hybridized carbons (Fsp3) is 0.769. The molecule has 2 rings (SSSR count). The Kier molecular flexibility index (Phi) is 4.85. The predicted octanol–water partition coefficient (Wildman–Crippen LogP) is 2.31. The predicted molar refractivity (Wildman–Crippen MR) is 75.9 cm³/mol. The van der Waals surface area contributed by atoms with Gasteiger partial charge in [-0.2, -0.15) is 11.8 Å². The molecular weight excluding hydrogens is 264 g/mol. The molecule has 19 heavy (non-hydrogen) atoms. The lowest BCUT2D eigenvalue weighted by molar-refractivity contribution is -0.137. The molecule has 0 radical (unpaired) electrons. The van der Waals surface area contributed by atoms with E-state index in [4.69, 9.17) is 5.11 Å². The van der Waals surface area contributed by atoms with Crippen LogP contribution in [-0.4, -0.2) is 39.9 Å². The van der Waals surface area contributed by atoms with Gasteiger partial charge in [0.1, 0.15) is 0 Å². The van der Waals surface area contributed by atoms with E-state index in [0.29, 0.717) is 11.2 Å². The molecule has 0 aliphatic carbocycles. The van der Waals surface area contributed by atoms with Gasteiger partial charge >= 0.3 is 12.0 Å². The fourth-order valence-electron chi connectivity index (χ4n) is 2.64. The summed E-state index contributed by atoms with van der Waals surface area (Å²) in [5.41, 5.74) is 0.991. The van der Waals surface area contributed by atoms with E-state index in [9.17, 15) is 9.59 Å². The highest BCUT2D eigenvalue weighted by molar-refractivity contribution is 8.00. The summed E-state index contributed by atoms with van der Waals surface area (Å²) < 4.78 is 0. The summed E-state index contributed by atoms with van der Waals surface area (Å²) in [6, 6.07) is -0.0938. The van der Waals surface area contributed by atoms with Gasteiger partial charge in [0.15, 0.2) is 0 Å². The fourth-order valence-corrected chi connectivity index (χ4v) is 3.91. The molecule has 1 saturated heterocycles. The number of unbranched alkanes of at least 4 members (excludes halogenated alkanes) is 1. The smallest absolute Gasteiger partial charge is 0.341 e. The number of carbonyl (C=O) groups excluding carboxylic acids is 1. The van der Waals surface area contributed by atoms with Crippen molar-refractivity contribution in [3.05, 3.63) is 0 Å². The van der Waals surface area contributed by atoms with E-state index in [-0.39, 0.29) is 18.5 Å². The number of amides is 2. The molecule has 2 heterocycles. The van der Waals surface area contributed by atoms with Crippen molar-refractivity contribution in [1.82, 2.24) is 5.32 Å². The molecule has 2 aliphatic heterocycles.